The highest BCUT2D eigenvalue weighted by Crippen LogP contribution is 2.55. The average molecular weight is 366 g/mol. The van der Waals surface area contributed by atoms with Gasteiger partial charge in [-0.2, -0.15) is 0 Å². The third-order valence-electron chi connectivity index (χ3n) is 6.65. The summed E-state index contributed by atoms with van der Waals surface area (Å²) in [4.78, 5) is 12.7. The van der Waals surface area contributed by atoms with Crippen LogP contribution in [0, 0.1) is 17.8 Å². The SMILES string of the molecule is COc1cccc(-c2cn(CC(=O)NC34CC5CC(CC(C5)C3)C4)nn2)c1. The fraction of sp³-hybridized carbons (Fsp3) is 0.571. The maximum absolute atomic E-state index is 12.7. The van der Waals surface area contributed by atoms with Crippen molar-refractivity contribution < 1.29 is 9.53 Å². The number of carbonyl (C=O) groups excluding carboxylic acids is 1. The molecule has 142 valence electrons. The molecule has 1 N–H and O–H groups in total. The molecule has 1 aromatic heterocycles. The van der Waals surface area contributed by atoms with E-state index >= 15 is 0 Å². The number of amides is 1. The van der Waals surface area contributed by atoms with E-state index in [1.54, 1.807) is 11.8 Å². The molecule has 0 saturated heterocycles. The third kappa shape index (κ3) is 3.22. The first-order chi connectivity index (χ1) is 13.1. The Morgan fingerprint density at radius 3 is 2.59 bits per heavy atom. The maximum Gasteiger partial charge on any atom is 0.242 e. The quantitative estimate of drug-likeness (QED) is 0.883. The van der Waals surface area contributed by atoms with E-state index < -0.39 is 0 Å². The Labute approximate surface area is 159 Å². The van der Waals surface area contributed by atoms with Gasteiger partial charge < -0.3 is 10.1 Å². The summed E-state index contributed by atoms with van der Waals surface area (Å²) < 4.78 is 6.89. The van der Waals surface area contributed by atoms with Crippen molar-refractivity contribution in [3.63, 3.8) is 0 Å². The van der Waals surface area contributed by atoms with Crippen LogP contribution in [0.1, 0.15) is 38.5 Å². The molecular weight excluding hydrogens is 340 g/mol. The molecule has 1 heterocycles. The number of nitrogens with zero attached hydrogens (tertiary/aromatic N) is 3. The van der Waals surface area contributed by atoms with Crippen LogP contribution in [0.2, 0.25) is 0 Å². The standard InChI is InChI=1S/C21H26N4O2/c1-27-18-4-2-3-17(8-18)19-12-25(24-23-19)13-20(26)22-21-9-14-5-15(10-21)7-16(6-14)11-21/h2-4,8,12,14-16H,5-7,9-11,13H2,1H3,(H,22,26). The normalized spacial score (nSPS) is 31.1. The number of carbonyl (C=O) groups is 1. The van der Waals surface area contributed by atoms with Crippen molar-refractivity contribution in [2.24, 2.45) is 17.8 Å². The summed E-state index contributed by atoms with van der Waals surface area (Å²) in [6.45, 7) is 0.221. The third-order valence-corrected chi connectivity index (χ3v) is 6.65. The highest BCUT2D eigenvalue weighted by Gasteiger charge is 2.51. The van der Waals surface area contributed by atoms with E-state index in [2.05, 4.69) is 15.6 Å². The Bertz CT molecular complexity index is 824. The number of nitrogens with one attached hydrogen (secondary N) is 1. The topological polar surface area (TPSA) is 69.0 Å². The number of aromatic nitrogens is 3. The Balaban J connectivity index is 1.26. The van der Waals surface area contributed by atoms with Crippen LogP contribution in [-0.4, -0.2) is 33.5 Å². The number of ether oxygens (including phenoxy) is 1. The first-order valence-electron chi connectivity index (χ1n) is 9.96. The van der Waals surface area contributed by atoms with Crippen LogP contribution in [0.5, 0.6) is 5.75 Å². The second kappa shape index (κ2) is 6.36. The van der Waals surface area contributed by atoms with E-state index in [0.717, 1.165) is 54.0 Å². The zero-order valence-electron chi connectivity index (χ0n) is 15.7. The number of methoxy groups -OCH3 is 1. The molecule has 1 amide bonds. The Hall–Kier alpha value is -2.37. The van der Waals surface area contributed by atoms with Gasteiger partial charge in [-0.15, -0.1) is 5.10 Å². The minimum atomic E-state index is 0.0437. The van der Waals surface area contributed by atoms with Crippen molar-refractivity contribution in [3.8, 4) is 17.0 Å². The molecule has 6 nitrogen and oxygen atoms in total. The van der Waals surface area contributed by atoms with Crippen LogP contribution < -0.4 is 10.1 Å². The van der Waals surface area contributed by atoms with Gasteiger partial charge in [0.2, 0.25) is 5.91 Å². The molecule has 4 saturated carbocycles. The molecule has 1 aromatic carbocycles. The molecule has 27 heavy (non-hydrogen) atoms. The molecule has 6 rings (SSSR count). The van der Waals surface area contributed by atoms with Gasteiger partial charge in [0.1, 0.15) is 18.0 Å². The minimum absolute atomic E-state index is 0.0437. The second-order valence-corrected chi connectivity index (χ2v) is 8.78. The lowest BCUT2D eigenvalue weighted by molar-refractivity contribution is -0.127. The largest absolute Gasteiger partial charge is 0.497 e. The Kier molecular flexibility index (Phi) is 3.95. The molecule has 0 radical (unpaired) electrons. The van der Waals surface area contributed by atoms with E-state index in [4.69, 9.17) is 4.74 Å². The van der Waals surface area contributed by atoms with Gasteiger partial charge in [-0.3, -0.25) is 4.79 Å². The predicted molar refractivity (Wildman–Crippen MR) is 101 cm³/mol. The van der Waals surface area contributed by atoms with Gasteiger partial charge in [0, 0.05) is 11.1 Å². The maximum atomic E-state index is 12.7. The van der Waals surface area contributed by atoms with E-state index in [0.29, 0.717) is 0 Å². The zero-order chi connectivity index (χ0) is 18.4. The smallest absolute Gasteiger partial charge is 0.242 e. The average Bonchev–Trinajstić information content (AvgIpc) is 3.08. The van der Waals surface area contributed by atoms with E-state index in [1.807, 2.05) is 30.5 Å². The van der Waals surface area contributed by atoms with Crippen LogP contribution in [0.15, 0.2) is 30.5 Å². The van der Waals surface area contributed by atoms with Gasteiger partial charge in [0.05, 0.1) is 13.3 Å². The number of rotatable bonds is 5. The second-order valence-electron chi connectivity index (χ2n) is 8.78. The number of hydrogen-bond acceptors (Lipinski definition) is 4. The van der Waals surface area contributed by atoms with Gasteiger partial charge in [0.25, 0.3) is 0 Å². The van der Waals surface area contributed by atoms with Crippen LogP contribution in [0.3, 0.4) is 0 Å². The minimum Gasteiger partial charge on any atom is -0.497 e. The molecule has 4 bridgehead atoms. The van der Waals surface area contributed by atoms with E-state index in [9.17, 15) is 4.79 Å². The summed E-state index contributed by atoms with van der Waals surface area (Å²) >= 11 is 0. The molecule has 4 aliphatic rings. The lowest BCUT2D eigenvalue weighted by Crippen LogP contribution is -2.60. The van der Waals surface area contributed by atoms with E-state index in [-0.39, 0.29) is 18.0 Å². The highest BCUT2D eigenvalue weighted by atomic mass is 16.5. The zero-order valence-corrected chi connectivity index (χ0v) is 15.7. The van der Waals surface area contributed by atoms with Gasteiger partial charge in [-0.25, -0.2) is 4.68 Å². The van der Waals surface area contributed by atoms with Crippen LogP contribution in [0.4, 0.5) is 0 Å². The van der Waals surface area contributed by atoms with Crippen molar-refractivity contribution in [1.82, 2.24) is 20.3 Å². The monoisotopic (exact) mass is 366 g/mol. The Morgan fingerprint density at radius 2 is 1.93 bits per heavy atom. The fourth-order valence-electron chi connectivity index (χ4n) is 6.04. The molecule has 4 aliphatic carbocycles. The first-order valence-corrected chi connectivity index (χ1v) is 9.96. The van der Waals surface area contributed by atoms with Crippen LogP contribution in [0.25, 0.3) is 11.3 Å². The molecule has 4 fully saturated rings. The summed E-state index contributed by atoms with van der Waals surface area (Å²) in [5.74, 6) is 3.30. The summed E-state index contributed by atoms with van der Waals surface area (Å²) in [6, 6.07) is 7.70. The van der Waals surface area contributed by atoms with Gasteiger partial charge >= 0.3 is 0 Å². The van der Waals surface area contributed by atoms with Crippen LogP contribution in [-0.2, 0) is 11.3 Å². The molecule has 2 aromatic rings. The lowest BCUT2D eigenvalue weighted by Gasteiger charge is -2.56. The molecule has 0 aliphatic heterocycles. The first kappa shape index (κ1) is 16.8. The van der Waals surface area contributed by atoms with Crippen molar-refractivity contribution in [2.75, 3.05) is 7.11 Å². The Morgan fingerprint density at radius 1 is 1.22 bits per heavy atom. The molecule has 0 spiro atoms. The number of benzene rings is 1. The summed E-state index contributed by atoms with van der Waals surface area (Å²) in [5.41, 5.74) is 1.72. The summed E-state index contributed by atoms with van der Waals surface area (Å²) in [7, 11) is 1.64. The van der Waals surface area contributed by atoms with Crippen molar-refractivity contribution in [3.05, 3.63) is 30.5 Å². The fourth-order valence-corrected chi connectivity index (χ4v) is 6.04. The van der Waals surface area contributed by atoms with Crippen molar-refractivity contribution in [2.45, 2.75) is 50.6 Å². The number of hydrogen-bond donors (Lipinski definition) is 1. The summed E-state index contributed by atoms with van der Waals surface area (Å²) in [5, 5.41) is 11.8. The van der Waals surface area contributed by atoms with Gasteiger partial charge in [-0.05, 0) is 68.4 Å². The van der Waals surface area contributed by atoms with Gasteiger partial charge in [0.15, 0.2) is 0 Å². The predicted octanol–water partition coefficient (Wildman–Crippen LogP) is 3.04. The van der Waals surface area contributed by atoms with Crippen LogP contribution >= 0.6 is 0 Å². The summed E-state index contributed by atoms with van der Waals surface area (Å²) in [6.07, 6.45) is 9.45. The molecule has 0 unspecified atom stereocenters. The van der Waals surface area contributed by atoms with Crippen molar-refractivity contribution >= 4 is 5.91 Å². The molecular formula is C21H26N4O2. The lowest BCUT2D eigenvalue weighted by atomic mass is 9.53. The highest BCUT2D eigenvalue weighted by molar-refractivity contribution is 5.76. The van der Waals surface area contributed by atoms with Crippen molar-refractivity contribution in [1.29, 1.82) is 0 Å². The molecule has 6 heteroatoms. The van der Waals surface area contributed by atoms with E-state index in [1.165, 1.54) is 19.3 Å². The molecule has 0 atom stereocenters. The van der Waals surface area contributed by atoms with Gasteiger partial charge in [-0.1, -0.05) is 17.3 Å².